The number of aromatic nitrogens is 2. The highest BCUT2D eigenvalue weighted by atomic mass is 16.5. The van der Waals surface area contributed by atoms with Gasteiger partial charge in [-0.05, 0) is 18.6 Å². The molecule has 0 saturated carbocycles. The van der Waals surface area contributed by atoms with Crippen molar-refractivity contribution in [2.45, 2.75) is 19.6 Å². The molecule has 3 rings (SSSR count). The number of fused-ring (bicyclic) bond motifs is 1. The monoisotopic (exact) mass is 289 g/mol. The molecule has 0 unspecified atom stereocenters. The van der Waals surface area contributed by atoms with E-state index in [9.17, 15) is 4.79 Å². The number of carbonyl (C=O) groups excluding carboxylic acids is 1. The third kappa shape index (κ3) is 2.91. The van der Waals surface area contributed by atoms with Crippen molar-refractivity contribution in [2.75, 3.05) is 26.8 Å². The molecule has 2 aromatic heterocycles. The quantitative estimate of drug-likeness (QED) is 0.798. The number of methoxy groups -OCH3 is 1. The van der Waals surface area contributed by atoms with Crippen molar-refractivity contribution >= 4 is 11.6 Å². The molecule has 0 amide bonds. The summed E-state index contributed by atoms with van der Waals surface area (Å²) >= 11 is 0. The van der Waals surface area contributed by atoms with Gasteiger partial charge in [-0.1, -0.05) is 0 Å². The molecule has 0 spiro atoms. The van der Waals surface area contributed by atoms with Crippen molar-refractivity contribution in [1.29, 1.82) is 0 Å². The number of carbonyl (C=O) groups is 1. The molecule has 0 aromatic carbocycles. The van der Waals surface area contributed by atoms with Crippen molar-refractivity contribution in [3.8, 4) is 0 Å². The van der Waals surface area contributed by atoms with Gasteiger partial charge in [-0.3, -0.25) is 4.90 Å². The zero-order valence-corrected chi connectivity index (χ0v) is 12.3. The molecule has 0 bridgehead atoms. The van der Waals surface area contributed by atoms with Gasteiger partial charge in [-0.2, -0.15) is 0 Å². The van der Waals surface area contributed by atoms with E-state index in [2.05, 4.69) is 16.8 Å². The van der Waals surface area contributed by atoms with Crippen LogP contribution in [0.25, 0.3) is 5.65 Å². The Balaban J connectivity index is 1.89. The normalized spacial score (nSPS) is 19.8. The number of hydrogen-bond acceptors (Lipinski definition) is 5. The van der Waals surface area contributed by atoms with Crippen LogP contribution < -0.4 is 0 Å². The van der Waals surface area contributed by atoms with Crippen LogP contribution in [0.4, 0.5) is 0 Å². The Morgan fingerprint density at radius 2 is 2.43 bits per heavy atom. The van der Waals surface area contributed by atoms with Crippen molar-refractivity contribution in [3.63, 3.8) is 0 Å². The average Bonchev–Trinajstić information content (AvgIpc) is 2.94. The van der Waals surface area contributed by atoms with Crippen LogP contribution in [0, 0.1) is 0 Å². The molecule has 6 heteroatoms. The summed E-state index contributed by atoms with van der Waals surface area (Å²) in [5.41, 5.74) is 2.19. The van der Waals surface area contributed by atoms with Gasteiger partial charge in [0.1, 0.15) is 5.56 Å². The van der Waals surface area contributed by atoms with Gasteiger partial charge >= 0.3 is 5.97 Å². The van der Waals surface area contributed by atoms with E-state index >= 15 is 0 Å². The molecule has 1 aliphatic rings. The van der Waals surface area contributed by atoms with Gasteiger partial charge in [-0.15, -0.1) is 0 Å². The number of nitrogens with zero attached hydrogens (tertiary/aromatic N) is 3. The number of esters is 1. The summed E-state index contributed by atoms with van der Waals surface area (Å²) < 4.78 is 12.3. The number of ether oxygens (including phenoxy) is 2. The van der Waals surface area contributed by atoms with Crippen LogP contribution in [0.3, 0.4) is 0 Å². The minimum Gasteiger partial charge on any atom is -0.465 e. The fourth-order valence-electron chi connectivity index (χ4n) is 2.73. The predicted octanol–water partition coefficient (Wildman–Crippen LogP) is 1.34. The van der Waals surface area contributed by atoms with E-state index in [4.69, 9.17) is 9.47 Å². The smallest absolute Gasteiger partial charge is 0.341 e. The van der Waals surface area contributed by atoms with Crippen LogP contribution in [-0.2, 0) is 16.0 Å². The largest absolute Gasteiger partial charge is 0.465 e. The number of rotatable bonds is 3. The third-order valence-corrected chi connectivity index (χ3v) is 3.68. The Morgan fingerprint density at radius 1 is 1.57 bits per heavy atom. The van der Waals surface area contributed by atoms with E-state index in [0.29, 0.717) is 11.2 Å². The molecule has 2 aromatic rings. The highest BCUT2D eigenvalue weighted by Gasteiger charge is 2.19. The molecule has 0 aliphatic carbocycles. The van der Waals surface area contributed by atoms with Gasteiger partial charge in [0.05, 0.1) is 19.8 Å². The van der Waals surface area contributed by atoms with Crippen LogP contribution >= 0.6 is 0 Å². The van der Waals surface area contributed by atoms with Crippen molar-refractivity contribution in [1.82, 2.24) is 14.3 Å². The Morgan fingerprint density at radius 3 is 3.19 bits per heavy atom. The topological polar surface area (TPSA) is 56.1 Å². The second kappa shape index (κ2) is 5.83. The van der Waals surface area contributed by atoms with Crippen LogP contribution in [-0.4, -0.2) is 53.2 Å². The fourth-order valence-corrected chi connectivity index (χ4v) is 2.73. The zero-order chi connectivity index (χ0) is 14.8. The molecule has 1 atom stereocenters. The summed E-state index contributed by atoms with van der Waals surface area (Å²) in [6, 6.07) is 1.87. The summed E-state index contributed by atoms with van der Waals surface area (Å²) in [5.74, 6) is -0.358. The molecular formula is C15H19N3O3. The molecule has 1 fully saturated rings. The van der Waals surface area contributed by atoms with E-state index in [1.165, 1.54) is 7.11 Å². The first-order valence-electron chi connectivity index (χ1n) is 7.05. The summed E-state index contributed by atoms with van der Waals surface area (Å²) in [6.45, 7) is 5.41. The first-order valence-corrected chi connectivity index (χ1v) is 7.05. The number of hydrogen-bond donors (Lipinski definition) is 0. The SMILES string of the molecule is COC(=O)c1cc(CN2CCO[C@H](C)C2)cn2ccnc12. The molecule has 0 N–H and O–H groups in total. The van der Waals surface area contributed by atoms with Crippen molar-refractivity contribution in [3.05, 3.63) is 35.8 Å². The number of morpholine rings is 1. The maximum atomic E-state index is 11.9. The zero-order valence-electron chi connectivity index (χ0n) is 12.3. The predicted molar refractivity (Wildman–Crippen MR) is 77.2 cm³/mol. The average molecular weight is 289 g/mol. The molecule has 0 radical (unpaired) electrons. The Hall–Kier alpha value is -1.92. The number of pyridine rings is 1. The van der Waals surface area contributed by atoms with E-state index in [0.717, 1.165) is 31.8 Å². The number of imidazole rings is 1. The van der Waals surface area contributed by atoms with Gasteiger partial charge in [0.2, 0.25) is 0 Å². The van der Waals surface area contributed by atoms with E-state index in [1.54, 1.807) is 6.20 Å². The molecule has 112 valence electrons. The first kappa shape index (κ1) is 14.0. The maximum Gasteiger partial charge on any atom is 0.341 e. The maximum absolute atomic E-state index is 11.9. The fraction of sp³-hybridized carbons (Fsp3) is 0.467. The Kier molecular flexibility index (Phi) is 3.90. The second-order valence-corrected chi connectivity index (χ2v) is 5.33. The minimum atomic E-state index is -0.358. The molecule has 6 nitrogen and oxygen atoms in total. The molecule has 21 heavy (non-hydrogen) atoms. The standard InChI is InChI=1S/C15H19N3O3/c1-11-8-17(5-6-21-11)9-12-7-13(15(19)20-2)14-16-3-4-18(14)10-12/h3-4,7,10-11H,5-6,8-9H2,1-2H3/t11-/m1/s1. The Labute approximate surface area is 123 Å². The molecule has 1 aliphatic heterocycles. The van der Waals surface area contributed by atoms with Crippen LogP contribution in [0.2, 0.25) is 0 Å². The lowest BCUT2D eigenvalue weighted by Gasteiger charge is -2.31. The van der Waals surface area contributed by atoms with E-state index < -0.39 is 0 Å². The lowest BCUT2D eigenvalue weighted by atomic mass is 10.1. The summed E-state index contributed by atoms with van der Waals surface area (Å²) in [4.78, 5) is 18.5. The summed E-state index contributed by atoms with van der Waals surface area (Å²) in [7, 11) is 1.39. The highest BCUT2D eigenvalue weighted by molar-refractivity contribution is 5.95. The highest BCUT2D eigenvalue weighted by Crippen LogP contribution is 2.16. The van der Waals surface area contributed by atoms with Crippen molar-refractivity contribution < 1.29 is 14.3 Å². The van der Waals surface area contributed by atoms with Gasteiger partial charge in [0, 0.05) is 38.2 Å². The van der Waals surface area contributed by atoms with Crippen LogP contribution in [0.15, 0.2) is 24.7 Å². The third-order valence-electron chi connectivity index (χ3n) is 3.68. The van der Waals surface area contributed by atoms with E-state index in [-0.39, 0.29) is 12.1 Å². The van der Waals surface area contributed by atoms with E-state index in [1.807, 2.05) is 22.9 Å². The lowest BCUT2D eigenvalue weighted by Crippen LogP contribution is -2.40. The van der Waals surface area contributed by atoms with Gasteiger partial charge in [-0.25, -0.2) is 9.78 Å². The minimum absolute atomic E-state index is 0.246. The van der Waals surface area contributed by atoms with Gasteiger partial charge < -0.3 is 13.9 Å². The van der Waals surface area contributed by atoms with Gasteiger partial charge in [0.15, 0.2) is 5.65 Å². The summed E-state index contributed by atoms with van der Waals surface area (Å²) in [6.07, 6.45) is 5.78. The summed E-state index contributed by atoms with van der Waals surface area (Å²) in [5, 5.41) is 0. The van der Waals surface area contributed by atoms with Crippen molar-refractivity contribution in [2.24, 2.45) is 0 Å². The Bertz CT molecular complexity index is 653. The molecule has 3 heterocycles. The lowest BCUT2D eigenvalue weighted by molar-refractivity contribution is -0.0212. The van der Waals surface area contributed by atoms with Crippen LogP contribution in [0.5, 0.6) is 0 Å². The molecular weight excluding hydrogens is 270 g/mol. The first-order chi connectivity index (χ1) is 10.2. The van der Waals surface area contributed by atoms with Gasteiger partial charge in [0.25, 0.3) is 0 Å². The second-order valence-electron chi connectivity index (χ2n) is 5.33. The van der Waals surface area contributed by atoms with Crippen LogP contribution in [0.1, 0.15) is 22.8 Å². The molecule has 1 saturated heterocycles.